The number of rotatable bonds is 8. The van der Waals surface area contributed by atoms with Gasteiger partial charge in [0.15, 0.2) is 0 Å². The maximum atomic E-state index is 12.0. The van der Waals surface area contributed by atoms with E-state index in [0.717, 1.165) is 36.1 Å². The largest absolute Gasteiger partial charge is 0.351 e. The third kappa shape index (κ3) is 7.87. The maximum absolute atomic E-state index is 12.0. The normalized spacial score (nSPS) is 21.7. The maximum Gasteiger partial charge on any atom is 0.237 e. The fourth-order valence-corrected chi connectivity index (χ4v) is 4.13. The van der Waals surface area contributed by atoms with E-state index >= 15 is 0 Å². The molecule has 0 saturated carbocycles. The van der Waals surface area contributed by atoms with Gasteiger partial charge in [-0.2, -0.15) is 11.8 Å². The van der Waals surface area contributed by atoms with Crippen LogP contribution < -0.4 is 11.1 Å². The molecule has 1 aliphatic rings. The molecule has 1 aromatic carbocycles. The molecule has 1 heterocycles. The number of nitrogens with zero attached hydrogens (tertiary/aromatic N) is 1. The van der Waals surface area contributed by atoms with Crippen LogP contribution in [-0.2, 0) is 17.9 Å². The Morgan fingerprint density at radius 3 is 2.38 bits per heavy atom. The fraction of sp³-hybridized carbons (Fsp3) is 0.650. The van der Waals surface area contributed by atoms with Gasteiger partial charge in [-0.25, -0.2) is 0 Å². The van der Waals surface area contributed by atoms with Gasteiger partial charge in [0.1, 0.15) is 0 Å². The second kappa shape index (κ2) is 11.9. The molecule has 26 heavy (non-hydrogen) atoms. The molecule has 0 aromatic heterocycles. The first-order valence-corrected chi connectivity index (χ1v) is 10.7. The van der Waals surface area contributed by atoms with Crippen molar-refractivity contribution < 1.29 is 4.79 Å². The van der Waals surface area contributed by atoms with Crippen molar-refractivity contribution in [3.8, 4) is 0 Å². The highest BCUT2D eigenvalue weighted by Crippen LogP contribution is 2.22. The minimum Gasteiger partial charge on any atom is -0.351 e. The third-order valence-corrected chi connectivity index (χ3v) is 5.45. The van der Waals surface area contributed by atoms with E-state index in [4.69, 9.17) is 5.73 Å². The van der Waals surface area contributed by atoms with Crippen LogP contribution in [0.3, 0.4) is 0 Å². The molecule has 0 bridgehead atoms. The average molecular weight is 400 g/mol. The quantitative estimate of drug-likeness (QED) is 0.704. The number of thioether (sulfide) groups is 1. The summed E-state index contributed by atoms with van der Waals surface area (Å²) < 4.78 is 0. The molecule has 148 valence electrons. The number of likely N-dealkylation sites (tertiary alicyclic amines) is 1. The Kier molecular flexibility index (Phi) is 10.6. The van der Waals surface area contributed by atoms with Gasteiger partial charge in [0.05, 0.1) is 6.04 Å². The monoisotopic (exact) mass is 399 g/mol. The number of nitrogens with two attached hydrogens (primary N) is 1. The van der Waals surface area contributed by atoms with Crippen molar-refractivity contribution in [2.24, 2.45) is 17.6 Å². The van der Waals surface area contributed by atoms with Crippen LogP contribution in [0.2, 0.25) is 0 Å². The van der Waals surface area contributed by atoms with Crippen molar-refractivity contribution in [3.05, 3.63) is 35.4 Å². The van der Waals surface area contributed by atoms with Gasteiger partial charge in [-0.05, 0) is 47.8 Å². The Balaban J connectivity index is 0.00000338. The van der Waals surface area contributed by atoms with E-state index in [-0.39, 0.29) is 18.3 Å². The Hall–Kier alpha value is -0.750. The number of carbonyl (C=O) groups excluding carboxylic acids is 1. The Labute approximate surface area is 169 Å². The fourth-order valence-electron chi connectivity index (χ4n) is 3.64. The Morgan fingerprint density at radius 1 is 1.23 bits per heavy atom. The van der Waals surface area contributed by atoms with Crippen molar-refractivity contribution in [1.82, 2.24) is 10.2 Å². The van der Waals surface area contributed by atoms with Gasteiger partial charge in [0, 0.05) is 26.2 Å². The molecule has 0 aliphatic carbocycles. The van der Waals surface area contributed by atoms with Crippen LogP contribution in [0.5, 0.6) is 0 Å². The molecule has 3 atom stereocenters. The summed E-state index contributed by atoms with van der Waals surface area (Å²) in [6, 6.07) is 8.17. The highest BCUT2D eigenvalue weighted by Gasteiger charge is 2.21. The second-order valence-electron chi connectivity index (χ2n) is 7.56. The van der Waals surface area contributed by atoms with Gasteiger partial charge in [0.2, 0.25) is 5.91 Å². The number of carbonyl (C=O) groups is 1. The first-order valence-electron chi connectivity index (χ1n) is 9.30. The van der Waals surface area contributed by atoms with E-state index in [1.807, 2.05) is 6.26 Å². The lowest BCUT2D eigenvalue weighted by atomic mass is 9.91. The highest BCUT2D eigenvalue weighted by molar-refractivity contribution is 7.98. The van der Waals surface area contributed by atoms with Gasteiger partial charge in [-0.3, -0.25) is 9.69 Å². The molecule has 1 saturated heterocycles. The third-order valence-electron chi connectivity index (χ3n) is 4.81. The molecule has 4 nitrogen and oxygen atoms in total. The van der Waals surface area contributed by atoms with E-state index in [1.54, 1.807) is 11.8 Å². The zero-order valence-corrected chi connectivity index (χ0v) is 17.9. The summed E-state index contributed by atoms with van der Waals surface area (Å²) >= 11 is 1.71. The summed E-state index contributed by atoms with van der Waals surface area (Å²) in [5, 5.41) is 2.94. The van der Waals surface area contributed by atoms with Gasteiger partial charge in [-0.1, -0.05) is 38.1 Å². The van der Waals surface area contributed by atoms with Gasteiger partial charge in [0.25, 0.3) is 0 Å². The summed E-state index contributed by atoms with van der Waals surface area (Å²) in [7, 11) is 0. The molecule has 2 rings (SSSR count). The second-order valence-corrected chi connectivity index (χ2v) is 8.55. The average Bonchev–Trinajstić information content (AvgIpc) is 2.57. The summed E-state index contributed by atoms with van der Waals surface area (Å²) in [5.41, 5.74) is 8.35. The Bertz CT molecular complexity index is 530. The van der Waals surface area contributed by atoms with E-state index in [2.05, 4.69) is 48.3 Å². The van der Waals surface area contributed by atoms with Crippen molar-refractivity contribution >= 4 is 30.1 Å². The first kappa shape index (κ1) is 23.3. The molecular weight excluding hydrogens is 366 g/mol. The zero-order valence-electron chi connectivity index (χ0n) is 16.2. The molecule has 1 aliphatic heterocycles. The lowest BCUT2D eigenvalue weighted by Crippen LogP contribution is -2.40. The molecule has 3 N–H and O–H groups in total. The minimum atomic E-state index is -0.408. The molecule has 6 heteroatoms. The molecule has 1 amide bonds. The number of amides is 1. The van der Waals surface area contributed by atoms with Crippen LogP contribution in [0.15, 0.2) is 24.3 Å². The van der Waals surface area contributed by atoms with Gasteiger partial charge < -0.3 is 11.1 Å². The molecule has 1 fully saturated rings. The van der Waals surface area contributed by atoms with Gasteiger partial charge in [-0.15, -0.1) is 12.4 Å². The van der Waals surface area contributed by atoms with Crippen LogP contribution in [0.4, 0.5) is 0 Å². The van der Waals surface area contributed by atoms with E-state index < -0.39 is 6.04 Å². The first-order chi connectivity index (χ1) is 12.0. The van der Waals surface area contributed by atoms with E-state index in [0.29, 0.717) is 6.54 Å². The lowest BCUT2D eigenvalue weighted by molar-refractivity contribution is -0.122. The summed E-state index contributed by atoms with van der Waals surface area (Å²) in [4.78, 5) is 14.5. The summed E-state index contributed by atoms with van der Waals surface area (Å²) in [6.45, 7) is 8.63. The van der Waals surface area contributed by atoms with E-state index in [9.17, 15) is 4.79 Å². The molecule has 2 unspecified atom stereocenters. The number of hydrogen-bond acceptors (Lipinski definition) is 4. The molecular formula is C20H34ClN3OS. The van der Waals surface area contributed by atoms with E-state index in [1.165, 1.54) is 25.1 Å². The highest BCUT2D eigenvalue weighted by atomic mass is 35.5. The van der Waals surface area contributed by atoms with Crippen molar-refractivity contribution in [2.45, 2.75) is 45.8 Å². The minimum absolute atomic E-state index is 0. The standard InChI is InChI=1S/C20H33N3OS.ClH/c1-15-10-16(2)13-23(12-15)14-18-6-4-17(5-7-18)11-22-20(24)19(21)8-9-25-3;/h4-7,15-16,19H,8-14,21H2,1-3H3,(H,22,24);1H/t15?,16?,19-;/m0./s1. The number of halogens is 1. The SMILES string of the molecule is CSCC[C@H](N)C(=O)NCc1ccc(CN2CC(C)CC(C)C2)cc1.Cl. The van der Waals surface area contributed by atoms with Crippen molar-refractivity contribution in [1.29, 1.82) is 0 Å². The summed E-state index contributed by atoms with van der Waals surface area (Å²) in [6.07, 6.45) is 4.09. The van der Waals surface area contributed by atoms with Crippen molar-refractivity contribution in [3.63, 3.8) is 0 Å². The molecule has 1 aromatic rings. The number of benzene rings is 1. The van der Waals surface area contributed by atoms with Crippen LogP contribution in [-0.4, -0.2) is 41.9 Å². The predicted molar refractivity (Wildman–Crippen MR) is 115 cm³/mol. The number of piperidine rings is 1. The molecule has 0 spiro atoms. The number of nitrogens with one attached hydrogen (secondary N) is 1. The Morgan fingerprint density at radius 2 is 1.81 bits per heavy atom. The smallest absolute Gasteiger partial charge is 0.237 e. The van der Waals surface area contributed by atoms with Gasteiger partial charge >= 0.3 is 0 Å². The topological polar surface area (TPSA) is 58.4 Å². The van der Waals surface area contributed by atoms with Crippen LogP contribution in [0, 0.1) is 11.8 Å². The summed E-state index contributed by atoms with van der Waals surface area (Å²) in [5.74, 6) is 2.42. The van der Waals surface area contributed by atoms with Crippen LogP contribution in [0.1, 0.15) is 37.8 Å². The van der Waals surface area contributed by atoms with Crippen LogP contribution in [0.25, 0.3) is 0 Å². The van der Waals surface area contributed by atoms with Crippen LogP contribution >= 0.6 is 24.2 Å². The van der Waals surface area contributed by atoms with Crippen molar-refractivity contribution in [2.75, 3.05) is 25.1 Å². The number of hydrogen-bond donors (Lipinski definition) is 2. The lowest BCUT2D eigenvalue weighted by Gasteiger charge is -2.35. The molecule has 0 radical (unpaired) electrons. The zero-order chi connectivity index (χ0) is 18.2. The predicted octanol–water partition coefficient (Wildman–Crippen LogP) is 3.28.